The second-order valence-electron chi connectivity index (χ2n) is 4.53. The van der Waals surface area contributed by atoms with Crippen LogP contribution < -0.4 is 5.32 Å². The molecule has 0 bridgehead atoms. The average molecular weight is 228 g/mol. The van der Waals surface area contributed by atoms with Crippen LogP contribution in [0.15, 0.2) is 24.3 Å². The molecule has 0 amide bonds. The summed E-state index contributed by atoms with van der Waals surface area (Å²) in [6.45, 7) is 0. The minimum Gasteiger partial charge on any atom is -0.387 e. The van der Waals surface area contributed by atoms with Gasteiger partial charge in [0.25, 0.3) is 0 Å². The Labute approximate surface area is 100 Å². The summed E-state index contributed by atoms with van der Waals surface area (Å²) in [5.41, 5.74) is 4.13. The van der Waals surface area contributed by atoms with Gasteiger partial charge in [-0.15, -0.1) is 0 Å². The summed E-state index contributed by atoms with van der Waals surface area (Å²) < 4.78 is 0. The summed E-state index contributed by atoms with van der Waals surface area (Å²) >= 11 is 0. The van der Waals surface area contributed by atoms with Crippen molar-refractivity contribution in [2.45, 2.75) is 25.4 Å². The van der Waals surface area contributed by atoms with Crippen molar-refractivity contribution in [3.05, 3.63) is 35.5 Å². The predicted octanol–water partition coefficient (Wildman–Crippen LogP) is 2.65. The zero-order chi connectivity index (χ0) is 11.8. The Kier molecular flexibility index (Phi) is 2.48. The Morgan fingerprint density at radius 3 is 3.00 bits per heavy atom. The van der Waals surface area contributed by atoms with Crippen LogP contribution in [0.1, 0.15) is 30.2 Å². The van der Waals surface area contributed by atoms with Gasteiger partial charge in [-0.25, -0.2) is 4.98 Å². The van der Waals surface area contributed by atoms with Crippen LogP contribution in [0.4, 0.5) is 5.69 Å². The molecule has 1 atom stereocenters. The summed E-state index contributed by atoms with van der Waals surface area (Å²) in [4.78, 5) is 4.62. The third kappa shape index (κ3) is 1.58. The van der Waals surface area contributed by atoms with Crippen LogP contribution in [0.5, 0.6) is 0 Å². The maximum absolute atomic E-state index is 10.1. The number of nitrogens with zero attached hydrogens (tertiary/aromatic N) is 1. The van der Waals surface area contributed by atoms with Crippen LogP contribution >= 0.6 is 0 Å². The summed E-state index contributed by atoms with van der Waals surface area (Å²) in [5, 5.41) is 14.5. The first-order chi connectivity index (χ1) is 8.31. The Morgan fingerprint density at radius 1 is 1.35 bits per heavy atom. The number of benzene rings is 1. The highest BCUT2D eigenvalue weighted by Crippen LogP contribution is 2.36. The van der Waals surface area contributed by atoms with Crippen LogP contribution in [0.3, 0.4) is 0 Å². The number of anilines is 1. The number of aromatic nitrogens is 1. The molecule has 2 N–H and O–H groups in total. The van der Waals surface area contributed by atoms with Gasteiger partial charge in [-0.05, 0) is 25.3 Å². The molecule has 1 aromatic carbocycles. The number of hydrogen-bond acceptors (Lipinski definition) is 3. The van der Waals surface area contributed by atoms with Crippen molar-refractivity contribution in [2.24, 2.45) is 0 Å². The first-order valence-corrected chi connectivity index (χ1v) is 6.08. The van der Waals surface area contributed by atoms with Crippen molar-refractivity contribution in [1.82, 2.24) is 4.98 Å². The zero-order valence-electron chi connectivity index (χ0n) is 9.90. The third-order valence-electron chi connectivity index (χ3n) is 3.50. The van der Waals surface area contributed by atoms with E-state index in [9.17, 15) is 5.11 Å². The Balaban J connectivity index is 2.36. The largest absolute Gasteiger partial charge is 0.387 e. The molecular weight excluding hydrogens is 212 g/mol. The molecule has 0 fully saturated rings. The second kappa shape index (κ2) is 4.00. The maximum Gasteiger partial charge on any atom is 0.0963 e. The van der Waals surface area contributed by atoms with Crippen molar-refractivity contribution in [1.29, 1.82) is 0 Å². The number of rotatable bonds is 1. The number of nitrogens with one attached hydrogen (secondary N) is 1. The highest BCUT2D eigenvalue weighted by Gasteiger charge is 2.23. The van der Waals surface area contributed by atoms with Gasteiger partial charge in [-0.2, -0.15) is 0 Å². The van der Waals surface area contributed by atoms with Gasteiger partial charge in [0.15, 0.2) is 0 Å². The second-order valence-corrected chi connectivity index (χ2v) is 4.53. The highest BCUT2D eigenvalue weighted by atomic mass is 16.3. The van der Waals surface area contributed by atoms with Crippen LogP contribution in [-0.2, 0) is 6.42 Å². The molecule has 1 aliphatic rings. The Hall–Kier alpha value is -1.61. The van der Waals surface area contributed by atoms with E-state index < -0.39 is 6.10 Å². The molecule has 3 rings (SSSR count). The number of fused-ring (bicyclic) bond motifs is 2. The Morgan fingerprint density at radius 2 is 2.18 bits per heavy atom. The molecule has 1 aromatic heterocycles. The zero-order valence-corrected chi connectivity index (χ0v) is 9.90. The standard InChI is InChI=1S/C14H16N2O/c1-15-13-9-5-2-3-7-11(9)16-14-10(13)6-4-8-12(14)17/h2-3,5,7,12,17H,4,6,8H2,1H3,(H,15,16). The van der Waals surface area contributed by atoms with Gasteiger partial charge in [-0.3, -0.25) is 0 Å². The van der Waals surface area contributed by atoms with E-state index in [0.717, 1.165) is 41.5 Å². The maximum atomic E-state index is 10.1. The van der Waals surface area contributed by atoms with Gasteiger partial charge in [0.05, 0.1) is 17.3 Å². The summed E-state index contributed by atoms with van der Waals surface area (Å²) in [7, 11) is 1.93. The highest BCUT2D eigenvalue weighted by molar-refractivity contribution is 5.93. The molecule has 0 spiro atoms. The predicted molar refractivity (Wildman–Crippen MR) is 69.2 cm³/mol. The topological polar surface area (TPSA) is 45.2 Å². The number of aliphatic hydroxyl groups is 1. The van der Waals surface area contributed by atoms with E-state index in [2.05, 4.69) is 16.4 Å². The molecule has 1 heterocycles. The van der Waals surface area contributed by atoms with Gasteiger partial charge in [0.2, 0.25) is 0 Å². The van der Waals surface area contributed by atoms with Gasteiger partial charge in [0, 0.05) is 23.7 Å². The molecular formula is C14H16N2O. The molecule has 1 aliphatic carbocycles. The molecule has 0 aliphatic heterocycles. The van der Waals surface area contributed by atoms with Crippen molar-refractivity contribution in [2.75, 3.05) is 12.4 Å². The minimum atomic E-state index is -0.407. The van der Waals surface area contributed by atoms with E-state index >= 15 is 0 Å². The Bertz CT molecular complexity index is 565. The van der Waals surface area contributed by atoms with E-state index in [1.54, 1.807) is 0 Å². The molecule has 0 saturated carbocycles. The molecule has 88 valence electrons. The SMILES string of the molecule is CNc1c2c(nc3ccccc13)C(O)CCC2. The van der Waals surface area contributed by atoms with E-state index in [4.69, 9.17) is 0 Å². The van der Waals surface area contributed by atoms with Crippen LogP contribution in [0.25, 0.3) is 10.9 Å². The minimum absolute atomic E-state index is 0.407. The quantitative estimate of drug-likeness (QED) is 0.788. The van der Waals surface area contributed by atoms with Crippen LogP contribution in [-0.4, -0.2) is 17.1 Å². The van der Waals surface area contributed by atoms with Gasteiger partial charge < -0.3 is 10.4 Å². The van der Waals surface area contributed by atoms with Crippen LogP contribution in [0.2, 0.25) is 0 Å². The molecule has 0 radical (unpaired) electrons. The third-order valence-corrected chi connectivity index (χ3v) is 3.50. The number of hydrogen-bond donors (Lipinski definition) is 2. The average Bonchev–Trinajstić information content (AvgIpc) is 2.37. The number of para-hydroxylation sites is 1. The van der Waals surface area contributed by atoms with Crippen molar-refractivity contribution >= 4 is 16.6 Å². The normalized spacial score (nSPS) is 19.1. The molecule has 3 nitrogen and oxygen atoms in total. The van der Waals surface area contributed by atoms with E-state index in [1.165, 1.54) is 5.56 Å². The molecule has 1 unspecified atom stereocenters. The van der Waals surface area contributed by atoms with Crippen molar-refractivity contribution < 1.29 is 5.11 Å². The molecule has 2 aromatic rings. The van der Waals surface area contributed by atoms with Gasteiger partial charge in [0.1, 0.15) is 0 Å². The molecule has 0 saturated heterocycles. The number of aliphatic hydroxyl groups excluding tert-OH is 1. The van der Waals surface area contributed by atoms with E-state index in [-0.39, 0.29) is 0 Å². The first kappa shape index (κ1) is 10.5. The molecule has 17 heavy (non-hydrogen) atoms. The summed E-state index contributed by atoms with van der Waals surface area (Å²) in [6, 6.07) is 8.08. The lowest BCUT2D eigenvalue weighted by molar-refractivity contribution is 0.152. The fourth-order valence-corrected chi connectivity index (χ4v) is 2.69. The fourth-order valence-electron chi connectivity index (χ4n) is 2.69. The van der Waals surface area contributed by atoms with Crippen LogP contribution in [0, 0.1) is 0 Å². The molecule has 3 heteroatoms. The number of pyridine rings is 1. The van der Waals surface area contributed by atoms with Gasteiger partial charge >= 0.3 is 0 Å². The lowest BCUT2D eigenvalue weighted by Crippen LogP contribution is -2.14. The summed E-state index contributed by atoms with van der Waals surface area (Å²) in [6.07, 6.45) is 2.44. The lowest BCUT2D eigenvalue weighted by Gasteiger charge is -2.24. The lowest BCUT2D eigenvalue weighted by atomic mass is 9.91. The van der Waals surface area contributed by atoms with E-state index in [0.29, 0.717) is 0 Å². The first-order valence-electron chi connectivity index (χ1n) is 6.08. The summed E-state index contributed by atoms with van der Waals surface area (Å²) in [5.74, 6) is 0. The van der Waals surface area contributed by atoms with E-state index in [1.807, 2.05) is 25.2 Å². The van der Waals surface area contributed by atoms with Crippen molar-refractivity contribution in [3.8, 4) is 0 Å². The van der Waals surface area contributed by atoms with Crippen molar-refractivity contribution in [3.63, 3.8) is 0 Å². The monoisotopic (exact) mass is 228 g/mol. The smallest absolute Gasteiger partial charge is 0.0963 e. The fraction of sp³-hybridized carbons (Fsp3) is 0.357. The van der Waals surface area contributed by atoms with Gasteiger partial charge in [-0.1, -0.05) is 18.2 Å².